The van der Waals surface area contributed by atoms with E-state index < -0.39 is 0 Å². The standard InChI is InChI=1S/C27H26N4O/c1-2-3-16-26-29-23-12-7-8-14-25(23)30(26)19-31(27(32)20-10-5-4-6-11-20)24-15-9-13-22-21(24)17-18-28-22/h4-15,17-18,28H,2-3,16,19H2,1H3. The van der Waals surface area contributed by atoms with Crippen molar-refractivity contribution in [3.63, 3.8) is 0 Å². The average molecular weight is 423 g/mol. The highest BCUT2D eigenvalue weighted by atomic mass is 16.2. The summed E-state index contributed by atoms with van der Waals surface area (Å²) in [5.41, 5.74) is 4.57. The van der Waals surface area contributed by atoms with Crippen LogP contribution in [-0.2, 0) is 13.1 Å². The van der Waals surface area contributed by atoms with Crippen LogP contribution >= 0.6 is 0 Å². The zero-order valence-corrected chi connectivity index (χ0v) is 18.2. The van der Waals surface area contributed by atoms with Gasteiger partial charge in [0.15, 0.2) is 0 Å². The van der Waals surface area contributed by atoms with Crippen molar-refractivity contribution in [1.82, 2.24) is 14.5 Å². The Hall–Kier alpha value is -3.86. The molecule has 1 N–H and O–H groups in total. The number of carbonyl (C=O) groups is 1. The maximum absolute atomic E-state index is 13.8. The van der Waals surface area contributed by atoms with Gasteiger partial charge in [-0.15, -0.1) is 0 Å². The molecule has 0 bridgehead atoms. The van der Waals surface area contributed by atoms with Crippen LogP contribution in [0.1, 0.15) is 35.9 Å². The number of hydrogen-bond acceptors (Lipinski definition) is 2. The van der Waals surface area contributed by atoms with Crippen molar-refractivity contribution in [3.8, 4) is 0 Å². The maximum Gasteiger partial charge on any atom is 0.259 e. The van der Waals surface area contributed by atoms with Gasteiger partial charge < -0.3 is 9.55 Å². The Labute approximate surface area is 187 Å². The summed E-state index contributed by atoms with van der Waals surface area (Å²) in [5.74, 6) is 0.985. The number of unbranched alkanes of at least 4 members (excludes halogenated alkanes) is 1. The topological polar surface area (TPSA) is 53.9 Å². The quantitative estimate of drug-likeness (QED) is 0.341. The number of nitrogens with one attached hydrogen (secondary N) is 1. The normalized spacial score (nSPS) is 11.3. The molecular weight excluding hydrogens is 396 g/mol. The van der Waals surface area contributed by atoms with Gasteiger partial charge in [0.25, 0.3) is 5.91 Å². The average Bonchev–Trinajstić information content (AvgIpc) is 3.46. The van der Waals surface area contributed by atoms with Crippen molar-refractivity contribution in [2.24, 2.45) is 0 Å². The Morgan fingerprint density at radius 3 is 2.62 bits per heavy atom. The smallest absolute Gasteiger partial charge is 0.259 e. The van der Waals surface area contributed by atoms with Crippen LogP contribution in [0, 0.1) is 0 Å². The van der Waals surface area contributed by atoms with E-state index in [9.17, 15) is 4.79 Å². The molecule has 1 amide bonds. The lowest BCUT2D eigenvalue weighted by Crippen LogP contribution is -2.33. The first-order valence-electron chi connectivity index (χ1n) is 11.1. The number of rotatable bonds is 7. The van der Waals surface area contributed by atoms with E-state index in [1.807, 2.05) is 83.9 Å². The lowest BCUT2D eigenvalue weighted by atomic mass is 10.1. The van der Waals surface area contributed by atoms with E-state index >= 15 is 0 Å². The van der Waals surface area contributed by atoms with E-state index in [1.54, 1.807) is 0 Å². The monoisotopic (exact) mass is 422 g/mol. The molecule has 0 atom stereocenters. The summed E-state index contributed by atoms with van der Waals surface area (Å²) in [7, 11) is 0. The minimum Gasteiger partial charge on any atom is -0.361 e. The molecule has 2 aromatic heterocycles. The number of aryl methyl sites for hydroxylation is 1. The third kappa shape index (κ3) is 3.66. The van der Waals surface area contributed by atoms with E-state index in [4.69, 9.17) is 4.98 Å². The molecule has 5 rings (SSSR count). The van der Waals surface area contributed by atoms with Crippen LogP contribution in [0.2, 0.25) is 0 Å². The van der Waals surface area contributed by atoms with Gasteiger partial charge in [-0.3, -0.25) is 9.69 Å². The predicted octanol–water partition coefficient (Wildman–Crippen LogP) is 6.16. The van der Waals surface area contributed by atoms with Gasteiger partial charge in [0, 0.05) is 29.1 Å². The molecule has 32 heavy (non-hydrogen) atoms. The van der Waals surface area contributed by atoms with Crippen LogP contribution in [0.5, 0.6) is 0 Å². The van der Waals surface area contributed by atoms with Crippen molar-refractivity contribution in [2.75, 3.05) is 4.90 Å². The maximum atomic E-state index is 13.8. The van der Waals surface area contributed by atoms with Gasteiger partial charge in [-0.25, -0.2) is 4.98 Å². The summed E-state index contributed by atoms with van der Waals surface area (Å²) in [6.07, 6.45) is 4.95. The lowest BCUT2D eigenvalue weighted by molar-refractivity contribution is 0.0980. The number of H-pyrrole nitrogens is 1. The van der Waals surface area contributed by atoms with E-state index in [2.05, 4.69) is 22.5 Å². The Kier molecular flexibility index (Phi) is 5.46. The molecule has 0 fully saturated rings. The van der Waals surface area contributed by atoms with Crippen LogP contribution in [-0.4, -0.2) is 20.4 Å². The molecule has 5 nitrogen and oxygen atoms in total. The highest BCUT2D eigenvalue weighted by molar-refractivity contribution is 6.10. The van der Waals surface area contributed by atoms with Crippen LogP contribution < -0.4 is 4.90 Å². The molecule has 0 saturated carbocycles. The molecule has 3 aromatic carbocycles. The molecule has 0 aliphatic rings. The Balaban J connectivity index is 1.65. The van der Waals surface area contributed by atoms with Crippen LogP contribution in [0.15, 0.2) is 85.1 Å². The van der Waals surface area contributed by atoms with Crippen LogP contribution in [0.25, 0.3) is 21.9 Å². The van der Waals surface area contributed by atoms with E-state index in [0.29, 0.717) is 12.2 Å². The second-order valence-electron chi connectivity index (χ2n) is 8.01. The fourth-order valence-electron chi connectivity index (χ4n) is 4.24. The Morgan fingerprint density at radius 2 is 1.78 bits per heavy atom. The molecule has 0 aliphatic heterocycles. The molecule has 0 unspecified atom stereocenters. The number of imidazole rings is 1. The van der Waals surface area contributed by atoms with Crippen molar-refractivity contribution in [3.05, 3.63) is 96.4 Å². The van der Waals surface area contributed by atoms with Gasteiger partial charge in [0.1, 0.15) is 12.5 Å². The number of nitrogens with zero attached hydrogens (tertiary/aromatic N) is 3. The highest BCUT2D eigenvalue weighted by Gasteiger charge is 2.22. The second kappa shape index (κ2) is 8.71. The number of hydrogen-bond donors (Lipinski definition) is 1. The van der Waals surface area contributed by atoms with Gasteiger partial charge in [-0.1, -0.05) is 49.7 Å². The molecule has 0 radical (unpaired) electrons. The zero-order chi connectivity index (χ0) is 21.9. The predicted molar refractivity (Wildman–Crippen MR) is 130 cm³/mol. The summed E-state index contributed by atoms with van der Waals surface area (Å²) in [6, 6.07) is 25.7. The van der Waals surface area contributed by atoms with Crippen LogP contribution in [0.4, 0.5) is 5.69 Å². The zero-order valence-electron chi connectivity index (χ0n) is 18.2. The second-order valence-corrected chi connectivity index (χ2v) is 8.01. The largest absolute Gasteiger partial charge is 0.361 e. The van der Waals surface area contributed by atoms with Crippen molar-refractivity contribution in [1.29, 1.82) is 0 Å². The number of carbonyl (C=O) groups excluding carboxylic acids is 1. The van der Waals surface area contributed by atoms with Gasteiger partial charge in [0.05, 0.1) is 16.7 Å². The van der Waals surface area contributed by atoms with Crippen molar-refractivity contribution in [2.45, 2.75) is 32.9 Å². The fourth-order valence-corrected chi connectivity index (χ4v) is 4.24. The summed E-state index contributed by atoms with van der Waals surface area (Å²) in [4.78, 5) is 23.8. The van der Waals surface area contributed by atoms with Gasteiger partial charge in [0.2, 0.25) is 0 Å². The van der Waals surface area contributed by atoms with E-state index in [1.165, 1.54) is 0 Å². The molecule has 0 aliphatic carbocycles. The van der Waals surface area contributed by atoms with Gasteiger partial charge in [-0.2, -0.15) is 0 Å². The van der Waals surface area contributed by atoms with E-state index in [0.717, 1.165) is 52.7 Å². The molecule has 160 valence electrons. The fraction of sp³-hybridized carbons (Fsp3) is 0.185. The molecule has 0 spiro atoms. The Bertz CT molecular complexity index is 1370. The number of fused-ring (bicyclic) bond motifs is 2. The summed E-state index contributed by atoms with van der Waals surface area (Å²) in [5, 5.41) is 1.02. The first-order chi connectivity index (χ1) is 15.8. The highest BCUT2D eigenvalue weighted by Crippen LogP contribution is 2.29. The third-order valence-electron chi connectivity index (χ3n) is 5.90. The van der Waals surface area contributed by atoms with Crippen molar-refractivity contribution >= 4 is 33.5 Å². The SMILES string of the molecule is CCCCc1nc2ccccc2n1CN(C(=O)c1ccccc1)c1cccc2[nH]ccc12. The summed E-state index contributed by atoms with van der Waals surface area (Å²) < 4.78 is 2.19. The first kappa shape index (κ1) is 20.1. The van der Waals surface area contributed by atoms with E-state index in [-0.39, 0.29) is 5.91 Å². The number of amides is 1. The minimum atomic E-state index is -0.0291. The third-order valence-corrected chi connectivity index (χ3v) is 5.90. The molecular formula is C27H26N4O. The molecule has 2 heterocycles. The number of para-hydroxylation sites is 2. The van der Waals surface area contributed by atoms with Crippen molar-refractivity contribution < 1.29 is 4.79 Å². The number of benzene rings is 3. The lowest BCUT2D eigenvalue weighted by Gasteiger charge is -2.26. The minimum absolute atomic E-state index is 0.0291. The summed E-state index contributed by atoms with van der Waals surface area (Å²) in [6.45, 7) is 2.59. The Morgan fingerprint density at radius 1 is 0.969 bits per heavy atom. The molecule has 5 heteroatoms. The van der Waals surface area contributed by atoms with Crippen LogP contribution in [0.3, 0.4) is 0 Å². The molecule has 5 aromatic rings. The number of aromatic amines is 1. The van der Waals surface area contributed by atoms with Gasteiger partial charge >= 0.3 is 0 Å². The number of anilines is 1. The molecule has 0 saturated heterocycles. The van der Waals surface area contributed by atoms with Gasteiger partial charge in [-0.05, 0) is 48.9 Å². The first-order valence-corrected chi connectivity index (χ1v) is 11.1. The number of aromatic nitrogens is 3. The summed E-state index contributed by atoms with van der Waals surface area (Å²) >= 11 is 0.